The molecular weight excluding hydrogens is 220 g/mol. The molecule has 0 aromatic carbocycles. The third-order valence-electron chi connectivity index (χ3n) is 5.41. The Morgan fingerprint density at radius 3 is 2.06 bits per heavy atom. The van der Waals surface area contributed by atoms with Crippen LogP contribution >= 0.6 is 0 Å². The highest BCUT2D eigenvalue weighted by molar-refractivity contribution is 4.89. The average Bonchev–Trinajstić information content (AvgIpc) is 2.41. The molecule has 2 saturated carbocycles. The summed E-state index contributed by atoms with van der Waals surface area (Å²) in [5, 5.41) is 0. The molecule has 0 spiro atoms. The first-order valence-corrected chi connectivity index (χ1v) is 8.43. The molecule has 0 radical (unpaired) electrons. The van der Waals surface area contributed by atoms with Crippen molar-refractivity contribution in [2.75, 3.05) is 6.61 Å². The van der Waals surface area contributed by atoms with E-state index in [2.05, 4.69) is 13.8 Å². The largest absolute Gasteiger partial charge is 0.375 e. The van der Waals surface area contributed by atoms with Crippen LogP contribution in [0.1, 0.15) is 84.5 Å². The van der Waals surface area contributed by atoms with E-state index in [4.69, 9.17) is 4.74 Å². The number of hydrogen-bond donors (Lipinski definition) is 0. The van der Waals surface area contributed by atoms with Crippen LogP contribution in [0.3, 0.4) is 0 Å². The summed E-state index contributed by atoms with van der Waals surface area (Å²) in [7, 11) is 0. The topological polar surface area (TPSA) is 9.23 Å². The lowest BCUT2D eigenvalue weighted by molar-refractivity contribution is -0.0841. The molecule has 2 aliphatic carbocycles. The zero-order valence-electron chi connectivity index (χ0n) is 12.5. The second kappa shape index (κ2) is 6.93. The SMILES string of the molecule is CCCC1(OCC)CCC(C2CCCCC2)CC1. The van der Waals surface area contributed by atoms with E-state index in [0.717, 1.165) is 18.4 Å². The van der Waals surface area contributed by atoms with Crippen LogP contribution in [0.15, 0.2) is 0 Å². The van der Waals surface area contributed by atoms with Crippen molar-refractivity contribution in [2.24, 2.45) is 11.8 Å². The average molecular weight is 252 g/mol. The fraction of sp³-hybridized carbons (Fsp3) is 1.00. The van der Waals surface area contributed by atoms with Gasteiger partial charge in [0.25, 0.3) is 0 Å². The maximum Gasteiger partial charge on any atom is 0.0682 e. The predicted molar refractivity (Wildman–Crippen MR) is 77.8 cm³/mol. The van der Waals surface area contributed by atoms with Crippen molar-refractivity contribution in [2.45, 2.75) is 90.1 Å². The van der Waals surface area contributed by atoms with Gasteiger partial charge in [0.2, 0.25) is 0 Å². The molecule has 2 fully saturated rings. The maximum absolute atomic E-state index is 6.15. The molecule has 1 heteroatoms. The maximum atomic E-state index is 6.15. The van der Waals surface area contributed by atoms with Gasteiger partial charge >= 0.3 is 0 Å². The minimum absolute atomic E-state index is 0.259. The Morgan fingerprint density at radius 2 is 1.50 bits per heavy atom. The van der Waals surface area contributed by atoms with Crippen LogP contribution < -0.4 is 0 Å². The molecule has 0 heterocycles. The monoisotopic (exact) mass is 252 g/mol. The Labute approximate surface area is 114 Å². The van der Waals surface area contributed by atoms with Gasteiger partial charge in [0, 0.05) is 6.61 Å². The first kappa shape index (κ1) is 14.4. The standard InChI is InChI=1S/C17H32O/c1-3-12-17(18-4-2)13-10-16(11-14-17)15-8-6-5-7-9-15/h15-16H,3-14H2,1-2H3. The first-order valence-electron chi connectivity index (χ1n) is 8.43. The lowest BCUT2D eigenvalue weighted by Crippen LogP contribution is -2.39. The summed E-state index contributed by atoms with van der Waals surface area (Å²) in [6.45, 7) is 5.35. The quantitative estimate of drug-likeness (QED) is 0.642. The van der Waals surface area contributed by atoms with E-state index in [1.54, 1.807) is 0 Å². The molecule has 0 amide bonds. The highest BCUT2D eigenvalue weighted by Crippen LogP contribution is 2.44. The molecule has 0 aromatic rings. The third-order valence-corrected chi connectivity index (χ3v) is 5.41. The summed E-state index contributed by atoms with van der Waals surface area (Å²) >= 11 is 0. The van der Waals surface area contributed by atoms with Crippen molar-refractivity contribution in [3.05, 3.63) is 0 Å². The molecule has 0 aliphatic heterocycles. The molecular formula is C17H32O. The molecule has 0 saturated heterocycles. The Bertz CT molecular complexity index is 214. The van der Waals surface area contributed by atoms with Crippen molar-refractivity contribution < 1.29 is 4.74 Å². The molecule has 106 valence electrons. The summed E-state index contributed by atoms with van der Waals surface area (Å²) in [6, 6.07) is 0. The van der Waals surface area contributed by atoms with Gasteiger partial charge in [-0.1, -0.05) is 45.4 Å². The van der Waals surface area contributed by atoms with E-state index in [9.17, 15) is 0 Å². The van der Waals surface area contributed by atoms with E-state index in [0.29, 0.717) is 0 Å². The van der Waals surface area contributed by atoms with Gasteiger partial charge < -0.3 is 4.74 Å². The molecule has 0 aromatic heterocycles. The first-order chi connectivity index (χ1) is 8.79. The van der Waals surface area contributed by atoms with E-state index in [1.807, 2.05) is 0 Å². The van der Waals surface area contributed by atoms with Gasteiger partial charge in [-0.25, -0.2) is 0 Å². The van der Waals surface area contributed by atoms with Gasteiger partial charge in [0.05, 0.1) is 5.60 Å². The van der Waals surface area contributed by atoms with Gasteiger partial charge in [0.15, 0.2) is 0 Å². The van der Waals surface area contributed by atoms with Gasteiger partial charge in [-0.3, -0.25) is 0 Å². The summed E-state index contributed by atoms with van der Waals surface area (Å²) in [6.07, 6.45) is 15.6. The normalized spacial score (nSPS) is 34.7. The second-order valence-electron chi connectivity index (χ2n) is 6.60. The predicted octanol–water partition coefficient (Wildman–Crippen LogP) is 5.33. The molecule has 0 N–H and O–H groups in total. The van der Waals surface area contributed by atoms with Crippen LogP contribution in [-0.2, 0) is 4.74 Å². The minimum Gasteiger partial charge on any atom is -0.375 e. The van der Waals surface area contributed by atoms with Crippen molar-refractivity contribution in [3.63, 3.8) is 0 Å². The number of ether oxygens (including phenoxy) is 1. The van der Waals surface area contributed by atoms with Crippen LogP contribution in [0.25, 0.3) is 0 Å². The fourth-order valence-electron chi connectivity index (χ4n) is 4.47. The fourth-order valence-corrected chi connectivity index (χ4v) is 4.47. The third kappa shape index (κ3) is 3.50. The summed E-state index contributed by atoms with van der Waals surface area (Å²) in [5.74, 6) is 2.08. The highest BCUT2D eigenvalue weighted by Gasteiger charge is 2.37. The molecule has 0 atom stereocenters. The van der Waals surface area contributed by atoms with E-state index < -0.39 is 0 Å². The van der Waals surface area contributed by atoms with Crippen LogP contribution in [0.2, 0.25) is 0 Å². The Kier molecular flexibility index (Phi) is 5.54. The second-order valence-corrected chi connectivity index (χ2v) is 6.60. The lowest BCUT2D eigenvalue weighted by Gasteiger charge is -2.43. The Morgan fingerprint density at radius 1 is 0.889 bits per heavy atom. The van der Waals surface area contributed by atoms with Gasteiger partial charge in [-0.15, -0.1) is 0 Å². The number of rotatable bonds is 5. The molecule has 2 aliphatic rings. The van der Waals surface area contributed by atoms with Crippen molar-refractivity contribution >= 4 is 0 Å². The Balaban J connectivity index is 1.84. The molecule has 0 unspecified atom stereocenters. The van der Waals surface area contributed by atoms with Crippen LogP contribution in [0.5, 0.6) is 0 Å². The molecule has 1 nitrogen and oxygen atoms in total. The van der Waals surface area contributed by atoms with Crippen molar-refractivity contribution in [1.82, 2.24) is 0 Å². The number of hydrogen-bond acceptors (Lipinski definition) is 1. The molecule has 18 heavy (non-hydrogen) atoms. The van der Waals surface area contributed by atoms with Gasteiger partial charge in [-0.05, 0) is 50.9 Å². The highest BCUT2D eigenvalue weighted by atomic mass is 16.5. The lowest BCUT2D eigenvalue weighted by atomic mass is 9.68. The smallest absolute Gasteiger partial charge is 0.0682 e. The summed E-state index contributed by atoms with van der Waals surface area (Å²) < 4.78 is 6.15. The van der Waals surface area contributed by atoms with Gasteiger partial charge in [0.1, 0.15) is 0 Å². The van der Waals surface area contributed by atoms with E-state index in [-0.39, 0.29) is 5.60 Å². The zero-order chi connectivity index (χ0) is 12.8. The molecule has 2 rings (SSSR count). The van der Waals surface area contributed by atoms with Crippen molar-refractivity contribution in [3.8, 4) is 0 Å². The minimum atomic E-state index is 0.259. The molecule has 0 bridgehead atoms. The Hall–Kier alpha value is -0.0400. The van der Waals surface area contributed by atoms with Crippen molar-refractivity contribution in [1.29, 1.82) is 0 Å². The van der Waals surface area contributed by atoms with Crippen LogP contribution in [0, 0.1) is 11.8 Å². The van der Waals surface area contributed by atoms with Crippen LogP contribution in [0.4, 0.5) is 0 Å². The summed E-state index contributed by atoms with van der Waals surface area (Å²) in [4.78, 5) is 0. The van der Waals surface area contributed by atoms with E-state index >= 15 is 0 Å². The summed E-state index contributed by atoms with van der Waals surface area (Å²) in [5.41, 5.74) is 0.259. The van der Waals surface area contributed by atoms with Gasteiger partial charge in [-0.2, -0.15) is 0 Å². The van der Waals surface area contributed by atoms with E-state index in [1.165, 1.54) is 70.6 Å². The zero-order valence-corrected chi connectivity index (χ0v) is 12.5. The van der Waals surface area contributed by atoms with Crippen LogP contribution in [-0.4, -0.2) is 12.2 Å².